The van der Waals surface area contributed by atoms with Crippen LogP contribution in [-0.2, 0) is 0 Å². The second-order valence-corrected chi connectivity index (χ2v) is 3.73. The van der Waals surface area contributed by atoms with Crippen molar-refractivity contribution in [3.63, 3.8) is 0 Å². The van der Waals surface area contributed by atoms with Crippen LogP contribution in [0, 0.1) is 0 Å². The van der Waals surface area contributed by atoms with Gasteiger partial charge in [-0.2, -0.15) is 13.2 Å². The first kappa shape index (κ1) is 13.1. The summed E-state index contributed by atoms with van der Waals surface area (Å²) >= 11 is 2.38. The molecule has 0 N–H and O–H groups in total. The summed E-state index contributed by atoms with van der Waals surface area (Å²) in [4.78, 5) is -0.832. The van der Waals surface area contributed by atoms with Crippen LogP contribution in [0.3, 0.4) is 0 Å². The predicted octanol–water partition coefficient (Wildman–Crippen LogP) is 2.51. The normalized spacial score (nSPS) is 15.5. The molecule has 0 rings (SSSR count). The second-order valence-electron chi connectivity index (χ2n) is 2.62. The molecule has 0 aromatic rings. The molecule has 0 aliphatic carbocycles. The highest BCUT2D eigenvalue weighted by atomic mass is 79.9. The summed E-state index contributed by atoms with van der Waals surface area (Å²) in [6.07, 6.45) is -7.01. The molecule has 1 unspecified atom stereocenters. The fourth-order valence-electron chi connectivity index (χ4n) is 0.687. The predicted molar refractivity (Wildman–Crippen MR) is 42.3 cm³/mol. The van der Waals surface area contributed by atoms with Crippen molar-refractivity contribution in [1.29, 1.82) is 0 Å². The summed E-state index contributed by atoms with van der Waals surface area (Å²) in [5, 5.41) is 0. The van der Waals surface area contributed by atoms with E-state index in [1.807, 2.05) is 0 Å². The van der Waals surface area contributed by atoms with E-state index in [1.54, 1.807) is 0 Å². The molecule has 13 heavy (non-hydrogen) atoms. The lowest BCUT2D eigenvalue weighted by atomic mass is 10.4. The summed E-state index contributed by atoms with van der Waals surface area (Å²) in [6.45, 7) is -1.13. The topological polar surface area (TPSA) is 3.24 Å². The number of hydrogen-bond acceptors (Lipinski definition) is 1. The minimum Gasteiger partial charge on any atom is -0.299 e. The van der Waals surface area contributed by atoms with Gasteiger partial charge in [-0.3, -0.25) is 4.90 Å². The van der Waals surface area contributed by atoms with Gasteiger partial charge in [0.15, 0.2) is 0 Å². The quantitative estimate of drug-likeness (QED) is 0.560. The molecular formula is C6H9BrF5N. The lowest BCUT2D eigenvalue weighted by Gasteiger charge is -2.21. The highest BCUT2D eigenvalue weighted by Gasteiger charge is 2.38. The lowest BCUT2D eigenvalue weighted by molar-refractivity contribution is -0.130. The fourth-order valence-corrected chi connectivity index (χ4v) is 1.18. The molecule has 0 amide bonds. The van der Waals surface area contributed by atoms with E-state index >= 15 is 0 Å². The SMILES string of the molecule is CN(CC(F)F)CC(Br)C(F)(F)F. The fraction of sp³-hybridized carbons (Fsp3) is 1.00. The monoisotopic (exact) mass is 269 g/mol. The zero-order valence-corrected chi connectivity index (χ0v) is 8.37. The lowest BCUT2D eigenvalue weighted by Crippen LogP contribution is -2.37. The van der Waals surface area contributed by atoms with Crippen LogP contribution in [0.25, 0.3) is 0 Å². The molecule has 0 aromatic carbocycles. The Bertz CT molecular complexity index is 148. The van der Waals surface area contributed by atoms with Gasteiger partial charge in [-0.25, -0.2) is 8.78 Å². The molecule has 0 saturated carbocycles. The Labute approximate surface area is 81.0 Å². The van der Waals surface area contributed by atoms with Crippen LogP contribution in [0.2, 0.25) is 0 Å². The van der Waals surface area contributed by atoms with Crippen LogP contribution in [-0.4, -0.2) is 42.5 Å². The van der Waals surface area contributed by atoms with E-state index in [2.05, 4.69) is 15.9 Å². The van der Waals surface area contributed by atoms with Crippen molar-refractivity contribution in [2.45, 2.75) is 17.4 Å². The molecule has 1 nitrogen and oxygen atoms in total. The molecule has 0 aliphatic heterocycles. The summed E-state index contributed by atoms with van der Waals surface area (Å²) in [5.41, 5.74) is 0. The van der Waals surface area contributed by atoms with E-state index < -0.39 is 30.5 Å². The smallest absolute Gasteiger partial charge is 0.299 e. The van der Waals surface area contributed by atoms with Gasteiger partial charge in [0.1, 0.15) is 4.83 Å². The molecule has 0 radical (unpaired) electrons. The molecule has 0 saturated heterocycles. The Morgan fingerprint density at radius 3 is 2.00 bits per heavy atom. The average molecular weight is 270 g/mol. The largest absolute Gasteiger partial charge is 0.402 e. The van der Waals surface area contributed by atoms with Crippen molar-refractivity contribution in [1.82, 2.24) is 4.90 Å². The van der Waals surface area contributed by atoms with Gasteiger partial charge in [0.05, 0.1) is 6.54 Å². The maximum atomic E-state index is 11.9. The molecule has 7 heteroatoms. The average Bonchev–Trinajstić information content (AvgIpc) is 1.82. The number of alkyl halides is 6. The third-order valence-corrected chi connectivity index (χ3v) is 2.09. The van der Waals surface area contributed by atoms with Crippen molar-refractivity contribution in [3.8, 4) is 0 Å². The van der Waals surface area contributed by atoms with Crippen molar-refractivity contribution >= 4 is 15.9 Å². The van der Waals surface area contributed by atoms with Crippen LogP contribution in [0.1, 0.15) is 0 Å². The zero-order chi connectivity index (χ0) is 10.6. The van der Waals surface area contributed by atoms with Crippen LogP contribution >= 0.6 is 15.9 Å². The molecule has 0 heterocycles. The van der Waals surface area contributed by atoms with Gasteiger partial charge in [-0.05, 0) is 7.05 Å². The number of rotatable bonds is 4. The van der Waals surface area contributed by atoms with E-state index in [0.717, 1.165) is 4.90 Å². The van der Waals surface area contributed by atoms with E-state index in [1.165, 1.54) is 7.05 Å². The van der Waals surface area contributed by atoms with E-state index in [-0.39, 0.29) is 0 Å². The summed E-state index contributed by atoms with van der Waals surface area (Å²) < 4.78 is 59.0. The van der Waals surface area contributed by atoms with Gasteiger partial charge in [0.25, 0.3) is 6.43 Å². The van der Waals surface area contributed by atoms with Gasteiger partial charge in [-0.1, -0.05) is 15.9 Å². The van der Waals surface area contributed by atoms with Crippen LogP contribution in [0.15, 0.2) is 0 Å². The van der Waals surface area contributed by atoms with Gasteiger partial charge in [0.2, 0.25) is 0 Å². The van der Waals surface area contributed by atoms with Crippen molar-refractivity contribution < 1.29 is 22.0 Å². The summed E-state index contributed by atoms with van der Waals surface area (Å²) in [7, 11) is 1.21. The molecule has 80 valence electrons. The Kier molecular flexibility index (Phi) is 5.13. The molecule has 0 spiro atoms. The Morgan fingerprint density at radius 1 is 1.23 bits per heavy atom. The molecule has 0 aromatic heterocycles. The van der Waals surface area contributed by atoms with Gasteiger partial charge >= 0.3 is 6.18 Å². The van der Waals surface area contributed by atoms with Crippen molar-refractivity contribution in [3.05, 3.63) is 0 Å². The standard InChI is InChI=1S/C6H9BrF5N/c1-13(3-5(8)9)2-4(7)6(10,11)12/h4-5H,2-3H2,1H3. The summed E-state index contributed by atoms with van der Waals surface area (Å²) in [5.74, 6) is 0. The minimum absolute atomic E-state index is 0.478. The minimum atomic E-state index is -4.39. The Morgan fingerprint density at radius 2 is 1.69 bits per heavy atom. The molecule has 0 bridgehead atoms. The number of hydrogen-bond donors (Lipinski definition) is 0. The van der Waals surface area contributed by atoms with Crippen molar-refractivity contribution in [2.75, 3.05) is 20.1 Å². The third kappa shape index (κ3) is 6.20. The van der Waals surface area contributed by atoms with Crippen molar-refractivity contribution in [2.24, 2.45) is 0 Å². The number of nitrogens with zero attached hydrogens (tertiary/aromatic N) is 1. The van der Waals surface area contributed by atoms with Crippen LogP contribution < -0.4 is 0 Å². The van der Waals surface area contributed by atoms with Crippen LogP contribution in [0.5, 0.6) is 0 Å². The first-order chi connectivity index (χ1) is 5.73. The molecule has 1 atom stereocenters. The van der Waals surface area contributed by atoms with E-state index in [4.69, 9.17) is 0 Å². The highest BCUT2D eigenvalue weighted by Crippen LogP contribution is 2.26. The molecular weight excluding hydrogens is 261 g/mol. The van der Waals surface area contributed by atoms with Gasteiger partial charge in [0, 0.05) is 6.54 Å². The maximum absolute atomic E-state index is 11.9. The summed E-state index contributed by atoms with van der Waals surface area (Å²) in [6, 6.07) is 0. The Hall–Kier alpha value is 0.0900. The first-order valence-corrected chi connectivity index (χ1v) is 4.32. The van der Waals surface area contributed by atoms with Gasteiger partial charge < -0.3 is 0 Å². The zero-order valence-electron chi connectivity index (χ0n) is 6.78. The van der Waals surface area contributed by atoms with Gasteiger partial charge in [-0.15, -0.1) is 0 Å². The highest BCUT2D eigenvalue weighted by molar-refractivity contribution is 9.09. The maximum Gasteiger partial charge on any atom is 0.402 e. The first-order valence-electron chi connectivity index (χ1n) is 3.41. The molecule has 0 fully saturated rings. The Balaban J connectivity index is 3.85. The third-order valence-electron chi connectivity index (χ3n) is 1.28. The van der Waals surface area contributed by atoms with E-state index in [9.17, 15) is 22.0 Å². The van der Waals surface area contributed by atoms with E-state index in [0.29, 0.717) is 0 Å². The van der Waals surface area contributed by atoms with Crippen LogP contribution in [0.4, 0.5) is 22.0 Å². The second kappa shape index (κ2) is 5.09. The molecule has 0 aliphatic rings. The number of halogens is 6.